The first-order valence-electron chi connectivity index (χ1n) is 23.1. The van der Waals surface area contributed by atoms with Gasteiger partial charge in [0, 0.05) is 12.8 Å². The highest BCUT2D eigenvalue weighted by atomic mass is 16.7. The molecule has 0 spiro atoms. The Morgan fingerprint density at radius 1 is 0.561 bits per heavy atom. The number of rotatable bonds is 19. The van der Waals surface area contributed by atoms with Gasteiger partial charge in [0.25, 0.3) is 0 Å². The van der Waals surface area contributed by atoms with E-state index in [0.717, 1.165) is 62.5 Å². The summed E-state index contributed by atoms with van der Waals surface area (Å²) >= 11 is 0. The molecule has 2 unspecified atom stereocenters. The van der Waals surface area contributed by atoms with E-state index < -0.39 is 36.3 Å². The smallest absolute Gasteiger partial charge is 0.508 e. The molecule has 0 heterocycles. The van der Waals surface area contributed by atoms with E-state index in [1.807, 2.05) is 74.5 Å². The number of carbonyl (C=O) groups excluding carboxylic acids is 5. The second kappa shape index (κ2) is 27.1. The molecule has 0 radical (unpaired) electrons. The van der Waals surface area contributed by atoms with Crippen molar-refractivity contribution in [1.82, 2.24) is 0 Å². The Morgan fingerprint density at radius 3 is 1.45 bits per heavy atom. The van der Waals surface area contributed by atoms with Crippen LogP contribution in [-0.2, 0) is 68.9 Å². The molecule has 4 atom stereocenters. The number of phenols is 1. The normalized spacial score (nSPS) is 15.8. The van der Waals surface area contributed by atoms with Crippen LogP contribution in [0.3, 0.4) is 0 Å². The van der Waals surface area contributed by atoms with E-state index in [4.69, 9.17) is 28.4 Å². The minimum atomic E-state index is -1.13. The summed E-state index contributed by atoms with van der Waals surface area (Å²) in [4.78, 5) is 63.4. The maximum atomic E-state index is 13.0. The summed E-state index contributed by atoms with van der Waals surface area (Å²) in [5.41, 5.74) is 3.04. The second-order valence-electron chi connectivity index (χ2n) is 17.1. The van der Waals surface area contributed by atoms with Gasteiger partial charge in [-0.2, -0.15) is 0 Å². The Kier molecular flexibility index (Phi) is 20.8. The Labute approximate surface area is 388 Å². The van der Waals surface area contributed by atoms with Crippen molar-refractivity contribution in [3.8, 4) is 11.5 Å². The summed E-state index contributed by atoms with van der Waals surface area (Å²) in [5, 5.41) is 9.73. The van der Waals surface area contributed by atoms with Crippen LogP contribution in [0.5, 0.6) is 11.5 Å². The number of benzene rings is 4. The number of phenolic OH excluding ortho intramolecular Hbond substituents is 1. The van der Waals surface area contributed by atoms with Crippen LogP contribution < -0.4 is 4.74 Å². The highest BCUT2D eigenvalue weighted by Crippen LogP contribution is 2.32. The Bertz CT molecular complexity index is 2140. The van der Waals surface area contributed by atoms with Gasteiger partial charge in [-0.05, 0) is 84.0 Å². The molecule has 6 rings (SSSR count). The fourth-order valence-electron chi connectivity index (χ4n) is 8.24. The van der Waals surface area contributed by atoms with Gasteiger partial charge < -0.3 is 33.5 Å². The van der Waals surface area contributed by atoms with Crippen LogP contribution in [0.1, 0.15) is 100 Å². The molecule has 0 saturated heterocycles. The zero-order valence-electron chi connectivity index (χ0n) is 38.2. The van der Waals surface area contributed by atoms with Crippen LogP contribution in [0.4, 0.5) is 4.79 Å². The van der Waals surface area contributed by atoms with Crippen LogP contribution in [0.2, 0.25) is 0 Å². The molecule has 12 heteroatoms. The molecule has 12 nitrogen and oxygen atoms in total. The van der Waals surface area contributed by atoms with Gasteiger partial charge in [-0.15, -0.1) is 0 Å². The number of carbonyl (C=O) groups is 5. The summed E-state index contributed by atoms with van der Waals surface area (Å²) in [5.74, 6) is -1.61. The number of hydrogen-bond acceptors (Lipinski definition) is 12. The van der Waals surface area contributed by atoms with E-state index in [2.05, 4.69) is 6.58 Å². The lowest BCUT2D eigenvalue weighted by Crippen LogP contribution is -2.35. The summed E-state index contributed by atoms with van der Waals surface area (Å²) in [6.45, 7) is 7.46. The number of ether oxygens (including phenoxy) is 6. The predicted molar refractivity (Wildman–Crippen MR) is 248 cm³/mol. The quantitative estimate of drug-likeness (QED) is 0.0411. The molecule has 2 aliphatic rings. The topological polar surface area (TPSA) is 161 Å². The SMILES string of the molecule is C=CCOC(=O)Oc1cccc(CC(OC(=O)[C@@H](C)C2CCCCC2)C(=O)OCc2ccccc2)c1.C[C@H](C(=O)OC(Cc1cccc(O)c1)C(=O)OCc1ccccc1)C1CCCCC1. The maximum absolute atomic E-state index is 13.0. The summed E-state index contributed by atoms with van der Waals surface area (Å²) in [6.07, 6.45) is 9.52. The molecule has 2 saturated carbocycles. The average molecular weight is 905 g/mol. The van der Waals surface area contributed by atoms with Crippen molar-refractivity contribution < 1.29 is 57.5 Å². The van der Waals surface area contributed by atoms with Gasteiger partial charge in [-0.25, -0.2) is 14.4 Å². The van der Waals surface area contributed by atoms with E-state index in [0.29, 0.717) is 17.0 Å². The van der Waals surface area contributed by atoms with Gasteiger partial charge in [0.15, 0.2) is 0 Å². The van der Waals surface area contributed by atoms with Gasteiger partial charge in [-0.3, -0.25) is 9.59 Å². The van der Waals surface area contributed by atoms with Crippen LogP contribution in [0.15, 0.2) is 122 Å². The lowest BCUT2D eigenvalue weighted by molar-refractivity contribution is -0.172. The first-order valence-corrected chi connectivity index (χ1v) is 23.1. The molecule has 0 aliphatic heterocycles. The number of esters is 4. The van der Waals surface area contributed by atoms with Crippen molar-refractivity contribution in [1.29, 1.82) is 0 Å². The fourth-order valence-corrected chi connectivity index (χ4v) is 8.24. The van der Waals surface area contributed by atoms with E-state index in [-0.39, 0.29) is 67.9 Å². The molecular weight excluding hydrogens is 841 g/mol. The number of aromatic hydroxyl groups is 1. The lowest BCUT2D eigenvalue weighted by atomic mass is 9.81. The third-order valence-electron chi connectivity index (χ3n) is 12.1. The van der Waals surface area contributed by atoms with E-state index >= 15 is 0 Å². The minimum absolute atomic E-state index is 0.0307. The highest BCUT2D eigenvalue weighted by molar-refractivity contribution is 5.81. The van der Waals surface area contributed by atoms with Gasteiger partial charge in [0.2, 0.25) is 12.2 Å². The summed E-state index contributed by atoms with van der Waals surface area (Å²) in [6, 6.07) is 31.9. The zero-order valence-corrected chi connectivity index (χ0v) is 38.2. The predicted octanol–water partition coefficient (Wildman–Crippen LogP) is 10.6. The van der Waals surface area contributed by atoms with Crippen LogP contribution in [0.25, 0.3) is 0 Å². The molecule has 2 fully saturated rings. The molecule has 352 valence electrons. The van der Waals surface area contributed by atoms with E-state index in [9.17, 15) is 29.1 Å². The van der Waals surface area contributed by atoms with Crippen molar-refractivity contribution in [3.05, 3.63) is 144 Å². The third-order valence-corrected chi connectivity index (χ3v) is 12.1. The Hall–Kier alpha value is -6.43. The monoisotopic (exact) mass is 904 g/mol. The van der Waals surface area contributed by atoms with Gasteiger partial charge in [0.1, 0.15) is 31.3 Å². The molecule has 2 aliphatic carbocycles. The maximum Gasteiger partial charge on any atom is 0.514 e. The average Bonchev–Trinajstić information content (AvgIpc) is 3.34. The van der Waals surface area contributed by atoms with Gasteiger partial charge in [0.05, 0.1) is 11.8 Å². The third kappa shape index (κ3) is 17.2. The minimum Gasteiger partial charge on any atom is -0.508 e. The van der Waals surface area contributed by atoms with Gasteiger partial charge in [-0.1, -0.05) is 150 Å². The van der Waals surface area contributed by atoms with Crippen LogP contribution in [0, 0.1) is 23.7 Å². The molecule has 0 bridgehead atoms. The van der Waals surface area contributed by atoms with Crippen molar-refractivity contribution >= 4 is 30.0 Å². The lowest BCUT2D eigenvalue weighted by Gasteiger charge is -2.27. The zero-order chi connectivity index (χ0) is 47.1. The van der Waals surface area contributed by atoms with Crippen LogP contribution in [-0.4, -0.2) is 54.0 Å². The standard InChI is InChI=1S/C29H34O7.C25H30O5/c1-3-17-33-29(32)35-25-16-10-13-23(18-25)19-26(28(31)34-20-22-11-6-4-7-12-22)36-27(30)21(2)24-14-8-5-9-15-24;1-18(21-12-6-3-7-13-21)24(27)30-23(16-20-11-8-14-22(26)15-20)25(28)29-17-19-9-4-2-5-10-19/h3-4,6-7,10-13,16,18,21,24,26H,1,5,8-9,14-15,17,19-20H2,2H3;2,4-5,8-11,14-15,18,21,23,26H,3,6-7,12-13,16-17H2,1H3/t21-,26?;18-,23?/m00/s1. The van der Waals surface area contributed by atoms with Gasteiger partial charge >= 0.3 is 30.0 Å². The molecule has 4 aromatic carbocycles. The summed E-state index contributed by atoms with van der Waals surface area (Å²) < 4.78 is 32.4. The first-order chi connectivity index (χ1) is 32.0. The highest BCUT2D eigenvalue weighted by Gasteiger charge is 2.33. The second-order valence-corrected chi connectivity index (χ2v) is 17.1. The fraction of sp³-hybridized carbons (Fsp3) is 0.426. The molecule has 66 heavy (non-hydrogen) atoms. The molecule has 0 aromatic heterocycles. The van der Waals surface area contributed by atoms with E-state index in [1.54, 1.807) is 48.5 Å². The van der Waals surface area contributed by atoms with Crippen molar-refractivity contribution in [2.24, 2.45) is 23.7 Å². The molecule has 0 amide bonds. The first kappa shape index (κ1) is 50.6. The molecule has 1 N–H and O–H groups in total. The largest absolute Gasteiger partial charge is 0.514 e. The Balaban J connectivity index is 0.000000251. The van der Waals surface area contributed by atoms with Crippen molar-refractivity contribution in [3.63, 3.8) is 0 Å². The summed E-state index contributed by atoms with van der Waals surface area (Å²) in [7, 11) is 0. The number of hydrogen-bond donors (Lipinski definition) is 1. The molecule has 4 aromatic rings. The van der Waals surface area contributed by atoms with Crippen LogP contribution >= 0.6 is 0 Å². The van der Waals surface area contributed by atoms with Crippen molar-refractivity contribution in [2.45, 2.75) is 116 Å². The van der Waals surface area contributed by atoms with E-state index in [1.165, 1.54) is 18.9 Å². The van der Waals surface area contributed by atoms with Crippen molar-refractivity contribution in [2.75, 3.05) is 6.61 Å². The molecular formula is C54H64O12. The Morgan fingerprint density at radius 2 is 1.00 bits per heavy atom.